The van der Waals surface area contributed by atoms with Crippen LogP contribution in [-0.4, -0.2) is 11.9 Å². The van der Waals surface area contributed by atoms with E-state index in [9.17, 15) is 0 Å². The third-order valence-electron chi connectivity index (χ3n) is 5.70. The second kappa shape index (κ2) is 3.47. The van der Waals surface area contributed by atoms with Crippen molar-refractivity contribution < 1.29 is 0 Å². The average molecular weight is 282 g/mol. The van der Waals surface area contributed by atoms with Gasteiger partial charge >= 0.3 is 0 Å². The van der Waals surface area contributed by atoms with Crippen LogP contribution in [0.4, 0.5) is 0 Å². The highest BCUT2D eigenvalue weighted by Crippen LogP contribution is 2.61. The van der Waals surface area contributed by atoms with Gasteiger partial charge in [-0.3, -0.25) is 4.90 Å². The molecule has 3 aliphatic carbocycles. The van der Waals surface area contributed by atoms with Gasteiger partial charge in [0.2, 0.25) is 0 Å². The fraction of sp³-hybridized carbons (Fsp3) is 0.333. The molecule has 0 saturated carbocycles. The minimum Gasteiger partial charge on any atom is -0.289 e. The highest BCUT2D eigenvalue weighted by atomic mass is 35.5. The molecule has 6 rings (SSSR count). The van der Waals surface area contributed by atoms with Crippen molar-refractivity contribution >= 4 is 11.6 Å². The molecular formula is C18H16ClN. The third-order valence-corrected chi connectivity index (χ3v) is 6.05. The van der Waals surface area contributed by atoms with Gasteiger partial charge in [-0.1, -0.05) is 41.9 Å². The van der Waals surface area contributed by atoms with Crippen molar-refractivity contribution in [1.29, 1.82) is 0 Å². The van der Waals surface area contributed by atoms with E-state index in [0.717, 1.165) is 11.6 Å². The van der Waals surface area contributed by atoms with Gasteiger partial charge in [-0.05, 0) is 53.8 Å². The number of hydrogen-bond acceptors (Lipinski definition) is 1. The Kier molecular flexibility index (Phi) is 1.97. The lowest BCUT2D eigenvalue weighted by atomic mass is 9.59. The van der Waals surface area contributed by atoms with E-state index in [1.165, 1.54) is 40.7 Å². The molecular weight excluding hydrogens is 266 g/mol. The van der Waals surface area contributed by atoms with Crippen molar-refractivity contribution in [1.82, 2.24) is 4.90 Å². The van der Waals surface area contributed by atoms with Gasteiger partial charge in [0, 0.05) is 17.5 Å². The first-order valence-corrected chi connectivity index (χ1v) is 7.73. The molecule has 2 unspecified atom stereocenters. The molecule has 0 radical (unpaired) electrons. The number of fused-ring (bicyclic) bond motifs is 1. The summed E-state index contributed by atoms with van der Waals surface area (Å²) in [6.07, 6.45) is 2.49. The molecule has 2 bridgehead atoms. The van der Waals surface area contributed by atoms with Crippen LogP contribution in [0.1, 0.15) is 46.6 Å². The molecule has 1 nitrogen and oxygen atoms in total. The predicted octanol–water partition coefficient (Wildman–Crippen LogP) is 4.27. The van der Waals surface area contributed by atoms with Crippen LogP contribution in [-0.2, 0) is 12.1 Å². The molecule has 4 aliphatic rings. The van der Waals surface area contributed by atoms with Gasteiger partial charge in [-0.15, -0.1) is 0 Å². The number of nitrogens with zero attached hydrogens (tertiary/aromatic N) is 1. The molecule has 1 spiro atoms. The van der Waals surface area contributed by atoms with E-state index < -0.39 is 0 Å². The summed E-state index contributed by atoms with van der Waals surface area (Å²) in [5.41, 5.74) is 7.56. The van der Waals surface area contributed by atoms with Gasteiger partial charge in [-0.25, -0.2) is 0 Å². The van der Waals surface area contributed by atoms with Crippen molar-refractivity contribution in [3.05, 3.63) is 69.2 Å². The quantitative estimate of drug-likeness (QED) is 0.697. The summed E-state index contributed by atoms with van der Waals surface area (Å²) in [5, 5.41) is 0.942. The zero-order valence-corrected chi connectivity index (χ0v) is 12.2. The number of halogens is 1. The highest BCUT2D eigenvalue weighted by Gasteiger charge is 2.54. The summed E-state index contributed by atoms with van der Waals surface area (Å²) in [4.78, 5) is 2.52. The molecule has 1 heterocycles. The first-order chi connectivity index (χ1) is 9.73. The lowest BCUT2D eigenvalue weighted by Gasteiger charge is -2.50. The number of rotatable bonds is 0. The summed E-state index contributed by atoms with van der Waals surface area (Å²) < 4.78 is 0. The van der Waals surface area contributed by atoms with Crippen LogP contribution in [0.2, 0.25) is 5.02 Å². The summed E-state index contributed by atoms with van der Waals surface area (Å²) in [7, 11) is 2.25. The average Bonchev–Trinajstić information content (AvgIpc) is 2.79. The van der Waals surface area contributed by atoms with E-state index in [0.29, 0.717) is 5.92 Å². The minimum atomic E-state index is 0.0842. The van der Waals surface area contributed by atoms with E-state index in [-0.39, 0.29) is 5.54 Å². The van der Waals surface area contributed by atoms with E-state index in [1.54, 1.807) is 0 Å². The maximum Gasteiger partial charge on any atom is 0.0725 e. The largest absolute Gasteiger partial charge is 0.289 e. The van der Waals surface area contributed by atoms with Crippen molar-refractivity contribution in [2.45, 2.75) is 30.8 Å². The van der Waals surface area contributed by atoms with Crippen LogP contribution in [0.15, 0.2) is 36.4 Å². The molecule has 0 aromatic heterocycles. The Balaban J connectivity index is 1.96. The second-order valence-electron chi connectivity index (χ2n) is 6.39. The van der Waals surface area contributed by atoms with E-state index in [4.69, 9.17) is 11.6 Å². The SMILES string of the molecule is CN1Cc2c(Cl)ccc3c2C12CCC3c1ccccc12. The summed E-state index contributed by atoms with van der Waals surface area (Å²) in [6.45, 7) is 0.975. The summed E-state index contributed by atoms with van der Waals surface area (Å²) in [6, 6.07) is 13.4. The van der Waals surface area contributed by atoms with Crippen LogP contribution >= 0.6 is 11.6 Å². The third kappa shape index (κ3) is 1.05. The van der Waals surface area contributed by atoms with Gasteiger partial charge in [0.25, 0.3) is 0 Å². The minimum absolute atomic E-state index is 0.0842. The molecule has 2 atom stereocenters. The molecule has 1 aliphatic heterocycles. The highest BCUT2D eigenvalue weighted by molar-refractivity contribution is 6.31. The van der Waals surface area contributed by atoms with Crippen molar-refractivity contribution in [3.8, 4) is 0 Å². The zero-order valence-electron chi connectivity index (χ0n) is 11.5. The van der Waals surface area contributed by atoms with Crippen LogP contribution in [0.3, 0.4) is 0 Å². The molecule has 0 N–H and O–H groups in total. The molecule has 0 fully saturated rings. The van der Waals surface area contributed by atoms with Crippen LogP contribution in [0, 0.1) is 0 Å². The molecule has 0 saturated heterocycles. The molecule has 100 valence electrons. The fourth-order valence-corrected chi connectivity index (χ4v) is 5.15. The maximum absolute atomic E-state index is 6.49. The van der Waals surface area contributed by atoms with Crippen LogP contribution in [0.5, 0.6) is 0 Å². The summed E-state index contributed by atoms with van der Waals surface area (Å²) in [5.74, 6) is 0.575. The van der Waals surface area contributed by atoms with Gasteiger partial charge in [0.15, 0.2) is 0 Å². The Bertz CT molecular complexity index is 751. The Morgan fingerprint density at radius 3 is 2.90 bits per heavy atom. The van der Waals surface area contributed by atoms with Gasteiger partial charge in [0.1, 0.15) is 0 Å². The number of hydrogen-bond donors (Lipinski definition) is 0. The van der Waals surface area contributed by atoms with Crippen molar-refractivity contribution in [2.24, 2.45) is 0 Å². The molecule has 2 aromatic carbocycles. The van der Waals surface area contributed by atoms with Crippen LogP contribution in [0.25, 0.3) is 0 Å². The second-order valence-corrected chi connectivity index (χ2v) is 6.79. The van der Waals surface area contributed by atoms with E-state index >= 15 is 0 Å². The Morgan fingerprint density at radius 2 is 2.00 bits per heavy atom. The molecule has 20 heavy (non-hydrogen) atoms. The topological polar surface area (TPSA) is 3.24 Å². The van der Waals surface area contributed by atoms with Gasteiger partial charge in [0.05, 0.1) is 5.54 Å². The van der Waals surface area contributed by atoms with Crippen LogP contribution < -0.4 is 0 Å². The number of benzene rings is 2. The van der Waals surface area contributed by atoms with E-state index in [2.05, 4.69) is 48.3 Å². The predicted molar refractivity (Wildman–Crippen MR) is 81.2 cm³/mol. The lowest BCUT2D eigenvalue weighted by molar-refractivity contribution is 0.142. The first-order valence-electron chi connectivity index (χ1n) is 7.36. The molecule has 2 heteroatoms. The molecule has 2 aromatic rings. The monoisotopic (exact) mass is 281 g/mol. The van der Waals surface area contributed by atoms with E-state index in [1.807, 2.05) is 0 Å². The van der Waals surface area contributed by atoms with Gasteiger partial charge < -0.3 is 0 Å². The Hall–Kier alpha value is -1.31. The smallest absolute Gasteiger partial charge is 0.0725 e. The fourth-order valence-electron chi connectivity index (χ4n) is 4.94. The normalized spacial score (nSPS) is 29.4. The molecule has 0 amide bonds. The summed E-state index contributed by atoms with van der Waals surface area (Å²) >= 11 is 6.49. The maximum atomic E-state index is 6.49. The Labute approximate surface area is 124 Å². The zero-order chi connectivity index (χ0) is 13.5. The van der Waals surface area contributed by atoms with Gasteiger partial charge in [-0.2, -0.15) is 0 Å². The van der Waals surface area contributed by atoms with Crippen molar-refractivity contribution in [3.63, 3.8) is 0 Å². The Morgan fingerprint density at radius 1 is 1.15 bits per heavy atom. The first kappa shape index (κ1) is 11.4. The standard InChI is InChI=1S/C18H16ClN/c1-20-10-14-16(19)7-6-13-11-8-9-18(20,17(13)14)15-5-3-2-4-12(11)15/h2-7,11H,8-10H2,1H3. The lowest BCUT2D eigenvalue weighted by Crippen LogP contribution is -2.47. The van der Waals surface area contributed by atoms with Crippen molar-refractivity contribution in [2.75, 3.05) is 7.05 Å².